The first-order valence-electron chi connectivity index (χ1n) is 6.38. The van der Waals surface area contributed by atoms with Crippen LogP contribution in [-0.2, 0) is 12.6 Å². The zero-order valence-electron chi connectivity index (χ0n) is 12.1. The second-order valence-electron chi connectivity index (χ2n) is 4.83. The third-order valence-electron chi connectivity index (χ3n) is 3.00. The lowest BCUT2D eigenvalue weighted by Gasteiger charge is -2.15. The van der Waals surface area contributed by atoms with E-state index in [0.29, 0.717) is 17.0 Å². The molecule has 0 radical (unpaired) electrons. The van der Waals surface area contributed by atoms with Crippen LogP contribution in [0, 0.1) is 0 Å². The summed E-state index contributed by atoms with van der Waals surface area (Å²) in [7, 11) is 3.16. The molecule has 0 saturated heterocycles. The highest BCUT2D eigenvalue weighted by molar-refractivity contribution is 7.80. The molecule has 0 saturated carbocycles. The Labute approximate surface area is 136 Å². The van der Waals surface area contributed by atoms with Crippen LogP contribution in [0.25, 0.3) is 5.69 Å². The summed E-state index contributed by atoms with van der Waals surface area (Å²) in [4.78, 5) is 5.61. The van der Waals surface area contributed by atoms with Crippen molar-refractivity contribution < 1.29 is 13.2 Å². The van der Waals surface area contributed by atoms with Crippen LogP contribution in [0.5, 0.6) is 0 Å². The van der Waals surface area contributed by atoms with Gasteiger partial charge in [-0.1, -0.05) is 18.5 Å². The average molecular weight is 351 g/mol. The topological polar surface area (TPSA) is 34.0 Å². The molecular weight excluding hydrogens is 337 g/mol. The minimum Gasteiger partial charge on any atom is -0.347 e. The van der Waals surface area contributed by atoms with E-state index >= 15 is 0 Å². The number of thiol groups is 1. The Morgan fingerprint density at radius 1 is 1.32 bits per heavy atom. The highest BCUT2D eigenvalue weighted by Crippen LogP contribution is 2.32. The number of hydrogen-bond donors (Lipinski definition) is 1. The van der Waals surface area contributed by atoms with E-state index in [4.69, 9.17) is 11.6 Å². The number of hydrogen-bond acceptors (Lipinski definition) is 4. The standard InChI is InChI=1S/C13H14ClF3N4S/c1-4-7-5-8(14)9(6-10(7)22)21-12(20(2)3)18-11(19-21)13(15,16)17/h5-6,22H,4H2,1-3H3. The van der Waals surface area contributed by atoms with Crippen molar-refractivity contribution in [1.82, 2.24) is 14.8 Å². The highest BCUT2D eigenvalue weighted by Gasteiger charge is 2.37. The third kappa shape index (κ3) is 3.17. The van der Waals surface area contributed by atoms with E-state index in [2.05, 4.69) is 22.7 Å². The van der Waals surface area contributed by atoms with E-state index < -0.39 is 12.0 Å². The summed E-state index contributed by atoms with van der Waals surface area (Å²) in [6.07, 6.45) is -3.92. The van der Waals surface area contributed by atoms with E-state index in [1.165, 1.54) is 4.90 Å². The SMILES string of the molecule is CCc1cc(Cl)c(-n2nc(C(F)(F)F)nc2N(C)C)cc1S. The molecule has 2 aromatic rings. The molecule has 9 heteroatoms. The number of alkyl halides is 3. The lowest BCUT2D eigenvalue weighted by Crippen LogP contribution is -2.15. The van der Waals surface area contributed by atoms with E-state index in [9.17, 15) is 13.2 Å². The molecule has 0 amide bonds. The second kappa shape index (κ2) is 6.00. The van der Waals surface area contributed by atoms with Gasteiger partial charge in [0, 0.05) is 19.0 Å². The largest absolute Gasteiger partial charge is 0.453 e. The van der Waals surface area contributed by atoms with Crippen LogP contribution in [0.1, 0.15) is 18.3 Å². The van der Waals surface area contributed by atoms with Crippen molar-refractivity contribution in [2.75, 3.05) is 19.0 Å². The Kier molecular flexibility index (Phi) is 4.62. The van der Waals surface area contributed by atoms with Crippen molar-refractivity contribution in [3.05, 3.63) is 28.5 Å². The number of halogens is 4. The Balaban J connectivity index is 2.66. The first kappa shape index (κ1) is 17.0. The number of benzene rings is 1. The molecule has 0 unspecified atom stereocenters. The van der Waals surface area contributed by atoms with Crippen molar-refractivity contribution in [3.63, 3.8) is 0 Å². The van der Waals surface area contributed by atoms with Crippen molar-refractivity contribution in [2.24, 2.45) is 0 Å². The van der Waals surface area contributed by atoms with Gasteiger partial charge in [-0.2, -0.15) is 22.8 Å². The molecular formula is C13H14ClF3N4S. The molecule has 0 aliphatic carbocycles. The minimum absolute atomic E-state index is 0.0335. The monoisotopic (exact) mass is 350 g/mol. The van der Waals surface area contributed by atoms with Crippen LogP contribution in [0.4, 0.5) is 19.1 Å². The van der Waals surface area contributed by atoms with Gasteiger partial charge in [0.2, 0.25) is 5.95 Å². The number of nitrogens with zero attached hydrogens (tertiary/aromatic N) is 4. The average Bonchev–Trinajstić information content (AvgIpc) is 2.85. The van der Waals surface area contributed by atoms with E-state index in [0.717, 1.165) is 10.2 Å². The van der Waals surface area contributed by atoms with Crippen LogP contribution < -0.4 is 4.90 Å². The fourth-order valence-electron chi connectivity index (χ4n) is 1.91. The van der Waals surface area contributed by atoms with E-state index in [1.54, 1.807) is 26.2 Å². The molecule has 0 aliphatic rings. The van der Waals surface area contributed by atoms with Crippen LogP contribution in [-0.4, -0.2) is 28.9 Å². The summed E-state index contributed by atoms with van der Waals surface area (Å²) < 4.78 is 39.6. The van der Waals surface area contributed by atoms with Gasteiger partial charge in [-0.3, -0.25) is 0 Å². The molecule has 120 valence electrons. The Morgan fingerprint density at radius 3 is 2.45 bits per heavy atom. The molecule has 1 aromatic carbocycles. The third-order valence-corrected chi connectivity index (χ3v) is 3.72. The molecule has 0 N–H and O–H groups in total. The van der Waals surface area contributed by atoms with Gasteiger partial charge in [0.15, 0.2) is 0 Å². The van der Waals surface area contributed by atoms with Crippen LogP contribution in [0.2, 0.25) is 5.02 Å². The molecule has 0 fully saturated rings. The van der Waals surface area contributed by atoms with Gasteiger partial charge in [0.1, 0.15) is 0 Å². The van der Waals surface area contributed by atoms with Crippen LogP contribution >= 0.6 is 24.2 Å². The number of anilines is 1. The molecule has 22 heavy (non-hydrogen) atoms. The fourth-order valence-corrected chi connectivity index (χ4v) is 2.52. The summed E-state index contributed by atoms with van der Waals surface area (Å²) in [5.74, 6) is -1.18. The van der Waals surface area contributed by atoms with E-state index in [1.807, 2.05) is 6.92 Å². The molecule has 1 aromatic heterocycles. The normalized spacial score (nSPS) is 11.8. The zero-order valence-corrected chi connectivity index (χ0v) is 13.8. The van der Waals surface area contributed by atoms with Gasteiger partial charge in [-0.15, -0.1) is 17.7 Å². The van der Waals surface area contributed by atoms with Crippen molar-refractivity contribution in [3.8, 4) is 5.69 Å². The lowest BCUT2D eigenvalue weighted by molar-refractivity contribution is -0.144. The molecule has 4 nitrogen and oxygen atoms in total. The number of aryl methyl sites for hydroxylation is 1. The van der Waals surface area contributed by atoms with Gasteiger partial charge in [-0.25, -0.2) is 0 Å². The molecule has 0 aliphatic heterocycles. The second-order valence-corrected chi connectivity index (χ2v) is 5.71. The van der Waals surface area contributed by atoms with Crippen LogP contribution in [0.15, 0.2) is 17.0 Å². The Morgan fingerprint density at radius 2 is 1.95 bits per heavy atom. The highest BCUT2D eigenvalue weighted by atomic mass is 35.5. The lowest BCUT2D eigenvalue weighted by atomic mass is 10.1. The summed E-state index contributed by atoms with van der Waals surface area (Å²) in [6, 6.07) is 3.26. The number of rotatable bonds is 3. The van der Waals surface area contributed by atoms with Crippen molar-refractivity contribution >= 4 is 30.2 Å². The van der Waals surface area contributed by atoms with Crippen molar-refractivity contribution in [1.29, 1.82) is 0 Å². The molecule has 1 heterocycles. The summed E-state index contributed by atoms with van der Waals surface area (Å²) in [6.45, 7) is 1.94. The first-order chi connectivity index (χ1) is 10.1. The van der Waals surface area contributed by atoms with Gasteiger partial charge >= 0.3 is 6.18 Å². The predicted molar refractivity (Wildman–Crippen MR) is 82.3 cm³/mol. The Bertz CT molecular complexity index is 697. The maximum atomic E-state index is 12.9. The summed E-state index contributed by atoms with van der Waals surface area (Å²) in [5.41, 5.74) is 1.20. The zero-order chi connectivity index (χ0) is 16.7. The smallest absolute Gasteiger partial charge is 0.347 e. The Hall–Kier alpha value is -1.41. The molecule has 0 spiro atoms. The van der Waals surface area contributed by atoms with Crippen molar-refractivity contribution in [2.45, 2.75) is 24.4 Å². The van der Waals surface area contributed by atoms with Crippen LogP contribution in [0.3, 0.4) is 0 Å². The number of aromatic nitrogens is 3. The fraction of sp³-hybridized carbons (Fsp3) is 0.385. The predicted octanol–water partition coefficient (Wildman–Crippen LogP) is 3.86. The van der Waals surface area contributed by atoms with Gasteiger partial charge in [0.25, 0.3) is 5.82 Å². The minimum atomic E-state index is -4.63. The van der Waals surface area contributed by atoms with Gasteiger partial charge in [0.05, 0.1) is 10.7 Å². The summed E-state index contributed by atoms with van der Waals surface area (Å²) >= 11 is 10.5. The summed E-state index contributed by atoms with van der Waals surface area (Å²) in [5, 5.41) is 3.84. The maximum absolute atomic E-state index is 12.9. The van der Waals surface area contributed by atoms with E-state index in [-0.39, 0.29) is 11.0 Å². The molecule has 0 bridgehead atoms. The molecule has 2 rings (SSSR count). The first-order valence-corrected chi connectivity index (χ1v) is 7.21. The quantitative estimate of drug-likeness (QED) is 0.854. The van der Waals surface area contributed by atoms with Gasteiger partial charge in [-0.05, 0) is 24.1 Å². The van der Waals surface area contributed by atoms with Gasteiger partial charge < -0.3 is 4.90 Å². The molecule has 0 atom stereocenters. The maximum Gasteiger partial charge on any atom is 0.453 e.